The van der Waals surface area contributed by atoms with Crippen LogP contribution in [0, 0.1) is 0 Å². The highest BCUT2D eigenvalue weighted by Crippen LogP contribution is 2.26. The van der Waals surface area contributed by atoms with Crippen molar-refractivity contribution >= 4 is 27.3 Å². The van der Waals surface area contributed by atoms with Gasteiger partial charge in [-0.1, -0.05) is 55.5 Å². The molecule has 0 heterocycles. The Kier molecular flexibility index (Phi) is 3.04. The number of ketones is 1. The van der Waals surface area contributed by atoms with Crippen LogP contribution in [-0.4, -0.2) is 5.78 Å². The number of carbonyl (C=O) groups is 1. The SMILES string of the molecule is CCCC(=O)c1ccc2ccc3ccccc3c2c1. The summed E-state index contributed by atoms with van der Waals surface area (Å²) in [7, 11) is 0. The summed E-state index contributed by atoms with van der Waals surface area (Å²) in [4.78, 5) is 12.0. The summed E-state index contributed by atoms with van der Waals surface area (Å²) in [5.41, 5.74) is 0.825. The van der Waals surface area contributed by atoms with E-state index in [1.807, 2.05) is 37.3 Å². The van der Waals surface area contributed by atoms with Crippen molar-refractivity contribution in [2.24, 2.45) is 0 Å². The highest BCUT2D eigenvalue weighted by atomic mass is 16.1. The van der Waals surface area contributed by atoms with Crippen LogP contribution in [0.1, 0.15) is 30.1 Å². The summed E-state index contributed by atoms with van der Waals surface area (Å²) >= 11 is 0. The molecule has 0 saturated carbocycles. The Morgan fingerprint density at radius 3 is 2.37 bits per heavy atom. The predicted octanol–water partition coefficient (Wildman–Crippen LogP) is 4.98. The topological polar surface area (TPSA) is 17.1 Å². The number of Topliss-reactive ketones (excluding diaryl/α,β-unsaturated/α-hetero) is 1. The average molecular weight is 248 g/mol. The molecule has 0 bridgehead atoms. The molecule has 0 radical (unpaired) electrons. The van der Waals surface area contributed by atoms with Crippen molar-refractivity contribution < 1.29 is 4.79 Å². The lowest BCUT2D eigenvalue weighted by molar-refractivity contribution is 0.0982. The number of hydrogen-bond donors (Lipinski definition) is 0. The molecule has 0 aromatic heterocycles. The number of benzene rings is 3. The number of hydrogen-bond acceptors (Lipinski definition) is 1. The number of fused-ring (bicyclic) bond motifs is 3. The van der Waals surface area contributed by atoms with E-state index in [1.165, 1.54) is 21.5 Å². The maximum Gasteiger partial charge on any atom is 0.162 e. The third kappa shape index (κ3) is 2.12. The lowest BCUT2D eigenvalue weighted by atomic mass is 9.98. The van der Waals surface area contributed by atoms with E-state index in [9.17, 15) is 4.79 Å². The van der Waals surface area contributed by atoms with Crippen LogP contribution >= 0.6 is 0 Å². The van der Waals surface area contributed by atoms with Crippen LogP contribution in [0.4, 0.5) is 0 Å². The van der Waals surface area contributed by atoms with Crippen molar-refractivity contribution in [2.45, 2.75) is 19.8 Å². The van der Waals surface area contributed by atoms with E-state index in [0.29, 0.717) is 6.42 Å². The number of carbonyl (C=O) groups excluding carboxylic acids is 1. The van der Waals surface area contributed by atoms with Crippen molar-refractivity contribution in [1.29, 1.82) is 0 Å². The molecule has 1 heteroatoms. The first-order valence-corrected chi connectivity index (χ1v) is 6.74. The second kappa shape index (κ2) is 4.85. The lowest BCUT2D eigenvalue weighted by Gasteiger charge is -2.06. The first kappa shape index (κ1) is 11.9. The summed E-state index contributed by atoms with van der Waals surface area (Å²) in [6.07, 6.45) is 1.52. The monoisotopic (exact) mass is 248 g/mol. The summed E-state index contributed by atoms with van der Waals surface area (Å²) in [6.45, 7) is 2.04. The summed E-state index contributed by atoms with van der Waals surface area (Å²) in [5.74, 6) is 0.234. The molecule has 0 saturated heterocycles. The van der Waals surface area contributed by atoms with Gasteiger partial charge in [0.1, 0.15) is 0 Å². The molecule has 0 atom stereocenters. The minimum absolute atomic E-state index is 0.234. The molecule has 94 valence electrons. The summed E-state index contributed by atoms with van der Waals surface area (Å²) in [5, 5.41) is 4.79. The van der Waals surface area contributed by atoms with Gasteiger partial charge < -0.3 is 0 Å². The molecule has 3 rings (SSSR count). The second-order valence-corrected chi connectivity index (χ2v) is 4.90. The predicted molar refractivity (Wildman–Crippen MR) is 80.7 cm³/mol. The van der Waals surface area contributed by atoms with Crippen molar-refractivity contribution in [1.82, 2.24) is 0 Å². The molecule has 0 aliphatic carbocycles. The van der Waals surface area contributed by atoms with Crippen molar-refractivity contribution in [3.8, 4) is 0 Å². The Morgan fingerprint density at radius 1 is 0.895 bits per heavy atom. The molecule has 19 heavy (non-hydrogen) atoms. The molecule has 0 N–H and O–H groups in total. The minimum Gasteiger partial charge on any atom is -0.294 e. The van der Waals surface area contributed by atoms with Gasteiger partial charge in [-0.25, -0.2) is 0 Å². The van der Waals surface area contributed by atoms with Gasteiger partial charge >= 0.3 is 0 Å². The van der Waals surface area contributed by atoms with Crippen LogP contribution in [0.2, 0.25) is 0 Å². The Balaban J connectivity index is 2.25. The maximum absolute atomic E-state index is 12.0. The van der Waals surface area contributed by atoms with Gasteiger partial charge in [0.25, 0.3) is 0 Å². The summed E-state index contributed by atoms with van der Waals surface area (Å²) in [6, 6.07) is 18.6. The van der Waals surface area contributed by atoms with Gasteiger partial charge in [-0.05, 0) is 34.0 Å². The lowest BCUT2D eigenvalue weighted by Crippen LogP contribution is -1.97. The normalized spacial score (nSPS) is 11.0. The van der Waals surface area contributed by atoms with Gasteiger partial charge in [0, 0.05) is 12.0 Å². The zero-order chi connectivity index (χ0) is 13.2. The van der Waals surface area contributed by atoms with Crippen LogP contribution in [0.3, 0.4) is 0 Å². The third-order valence-corrected chi connectivity index (χ3v) is 3.55. The van der Waals surface area contributed by atoms with Crippen LogP contribution in [0.5, 0.6) is 0 Å². The van der Waals surface area contributed by atoms with Gasteiger partial charge in [-0.3, -0.25) is 4.79 Å². The molecule has 0 amide bonds. The molecule has 0 aliphatic rings. The quantitative estimate of drug-likeness (QED) is 0.472. The fourth-order valence-electron chi connectivity index (χ4n) is 2.55. The highest BCUT2D eigenvalue weighted by Gasteiger charge is 2.07. The first-order chi connectivity index (χ1) is 9.29. The average Bonchev–Trinajstić information content (AvgIpc) is 2.47. The van der Waals surface area contributed by atoms with E-state index in [2.05, 4.69) is 24.3 Å². The smallest absolute Gasteiger partial charge is 0.162 e. The van der Waals surface area contributed by atoms with Gasteiger partial charge in [-0.2, -0.15) is 0 Å². The van der Waals surface area contributed by atoms with Crippen LogP contribution in [0.15, 0.2) is 54.6 Å². The molecular formula is C18H16O. The van der Waals surface area contributed by atoms with Gasteiger partial charge in [0.05, 0.1) is 0 Å². The van der Waals surface area contributed by atoms with Crippen molar-refractivity contribution in [3.63, 3.8) is 0 Å². The largest absolute Gasteiger partial charge is 0.294 e. The highest BCUT2D eigenvalue weighted by molar-refractivity contribution is 6.10. The Labute approximate surface area is 112 Å². The van der Waals surface area contributed by atoms with Crippen LogP contribution < -0.4 is 0 Å². The standard InChI is InChI=1S/C18H16O/c1-2-5-18(19)15-11-10-14-9-8-13-6-3-4-7-16(13)17(14)12-15/h3-4,6-12H,2,5H2,1H3. The molecule has 0 aliphatic heterocycles. The van der Waals surface area contributed by atoms with Crippen LogP contribution in [-0.2, 0) is 0 Å². The fourth-order valence-corrected chi connectivity index (χ4v) is 2.55. The molecule has 0 unspecified atom stereocenters. The van der Waals surface area contributed by atoms with Crippen molar-refractivity contribution in [3.05, 3.63) is 60.2 Å². The fraction of sp³-hybridized carbons (Fsp3) is 0.167. The van der Waals surface area contributed by atoms with E-state index in [4.69, 9.17) is 0 Å². The van der Waals surface area contributed by atoms with E-state index in [0.717, 1.165) is 12.0 Å². The van der Waals surface area contributed by atoms with E-state index < -0.39 is 0 Å². The zero-order valence-corrected chi connectivity index (χ0v) is 11.0. The van der Waals surface area contributed by atoms with Crippen LogP contribution in [0.25, 0.3) is 21.5 Å². The Bertz CT molecular complexity index is 756. The van der Waals surface area contributed by atoms with Crippen molar-refractivity contribution in [2.75, 3.05) is 0 Å². The van der Waals surface area contributed by atoms with E-state index >= 15 is 0 Å². The van der Waals surface area contributed by atoms with Gasteiger partial charge in [0.15, 0.2) is 5.78 Å². The first-order valence-electron chi connectivity index (χ1n) is 6.74. The maximum atomic E-state index is 12.0. The third-order valence-electron chi connectivity index (χ3n) is 3.55. The summed E-state index contributed by atoms with van der Waals surface area (Å²) < 4.78 is 0. The molecule has 3 aromatic rings. The Hall–Kier alpha value is -2.15. The number of rotatable bonds is 3. The molecule has 3 aromatic carbocycles. The minimum atomic E-state index is 0.234. The molecular weight excluding hydrogens is 232 g/mol. The molecule has 1 nitrogen and oxygen atoms in total. The molecule has 0 fully saturated rings. The second-order valence-electron chi connectivity index (χ2n) is 4.90. The van der Waals surface area contributed by atoms with Gasteiger partial charge in [0.2, 0.25) is 0 Å². The van der Waals surface area contributed by atoms with E-state index in [-0.39, 0.29) is 5.78 Å². The molecule has 0 spiro atoms. The van der Waals surface area contributed by atoms with E-state index in [1.54, 1.807) is 0 Å². The Morgan fingerprint density at radius 2 is 1.58 bits per heavy atom. The zero-order valence-electron chi connectivity index (χ0n) is 11.0. The van der Waals surface area contributed by atoms with Gasteiger partial charge in [-0.15, -0.1) is 0 Å².